The second-order valence-corrected chi connectivity index (χ2v) is 3.66. The van der Waals surface area contributed by atoms with Crippen LogP contribution in [0.1, 0.15) is 6.92 Å². The number of hydrogen-bond acceptors (Lipinski definition) is 6. The van der Waals surface area contributed by atoms with Crippen LogP contribution < -0.4 is 5.32 Å². The van der Waals surface area contributed by atoms with Gasteiger partial charge in [-0.1, -0.05) is 5.92 Å². The number of carbonyl (C=O) groups is 3. The normalized spacial score (nSPS) is 11.3. The van der Waals surface area contributed by atoms with Crippen molar-refractivity contribution < 1.29 is 23.9 Å². The number of terminal acetylenes is 1. The molecule has 0 aliphatic carbocycles. The van der Waals surface area contributed by atoms with Crippen LogP contribution >= 0.6 is 0 Å². The number of hydrogen-bond donors (Lipinski definition) is 1. The van der Waals surface area contributed by atoms with Gasteiger partial charge in [-0.15, -0.1) is 6.42 Å². The third-order valence-electron chi connectivity index (χ3n) is 2.41. The Morgan fingerprint density at radius 3 is 2.05 bits per heavy atom. The molecule has 0 aliphatic heterocycles. The average Bonchev–Trinajstić information content (AvgIpc) is 2.42. The van der Waals surface area contributed by atoms with Crippen LogP contribution in [0.4, 0.5) is 0 Å². The Hall–Kier alpha value is -2.07. The fourth-order valence-corrected chi connectivity index (χ4v) is 1.24. The zero-order valence-electron chi connectivity index (χ0n) is 11.3. The van der Waals surface area contributed by atoms with Crippen molar-refractivity contribution >= 4 is 17.8 Å². The van der Waals surface area contributed by atoms with E-state index < -0.39 is 18.0 Å². The molecule has 1 N–H and O–H groups in total. The van der Waals surface area contributed by atoms with Crippen molar-refractivity contribution in [3.05, 3.63) is 0 Å². The quantitative estimate of drug-likeness (QED) is 0.461. The van der Waals surface area contributed by atoms with Crippen molar-refractivity contribution in [2.45, 2.75) is 13.0 Å². The molecule has 0 fully saturated rings. The molecule has 0 rings (SSSR count). The van der Waals surface area contributed by atoms with E-state index in [0.29, 0.717) is 0 Å². The van der Waals surface area contributed by atoms with E-state index in [1.165, 1.54) is 19.1 Å². The summed E-state index contributed by atoms with van der Waals surface area (Å²) >= 11 is 0. The van der Waals surface area contributed by atoms with E-state index in [-0.39, 0.29) is 25.5 Å². The highest BCUT2D eigenvalue weighted by Gasteiger charge is 2.25. The monoisotopic (exact) mass is 270 g/mol. The van der Waals surface area contributed by atoms with Gasteiger partial charge in [0.1, 0.15) is 0 Å². The number of ether oxygens (including phenoxy) is 2. The molecule has 0 aromatic rings. The lowest BCUT2D eigenvalue weighted by Crippen LogP contribution is -2.49. The second-order valence-electron chi connectivity index (χ2n) is 3.66. The molecule has 1 amide bonds. The van der Waals surface area contributed by atoms with Crippen LogP contribution in [0.5, 0.6) is 0 Å². The summed E-state index contributed by atoms with van der Waals surface area (Å²) in [5.74, 6) is 0.769. The lowest BCUT2D eigenvalue weighted by molar-refractivity contribution is -0.147. The molecule has 0 bridgehead atoms. The van der Waals surface area contributed by atoms with Gasteiger partial charge in [0.25, 0.3) is 0 Å². The number of nitrogens with one attached hydrogen (secondary N) is 1. The second kappa shape index (κ2) is 8.94. The third kappa shape index (κ3) is 6.43. The lowest BCUT2D eigenvalue weighted by atomic mass is 10.2. The molecule has 0 radical (unpaired) electrons. The number of esters is 2. The highest BCUT2D eigenvalue weighted by molar-refractivity contribution is 5.83. The van der Waals surface area contributed by atoms with Crippen LogP contribution in [0.3, 0.4) is 0 Å². The maximum absolute atomic E-state index is 11.7. The summed E-state index contributed by atoms with van der Waals surface area (Å²) in [6.07, 6.45) is 5.03. The highest BCUT2D eigenvalue weighted by Crippen LogP contribution is 2.01. The van der Waals surface area contributed by atoms with Crippen LogP contribution in [0.2, 0.25) is 0 Å². The first-order chi connectivity index (χ1) is 8.96. The van der Waals surface area contributed by atoms with Gasteiger partial charge in [0.2, 0.25) is 5.91 Å². The molecule has 0 saturated carbocycles. The minimum Gasteiger partial charge on any atom is -0.468 e. The first-order valence-electron chi connectivity index (χ1n) is 5.55. The van der Waals surface area contributed by atoms with Crippen LogP contribution in [-0.2, 0) is 23.9 Å². The molecule has 1 atom stereocenters. The maximum atomic E-state index is 11.7. The fraction of sp³-hybridized carbons (Fsp3) is 0.583. The van der Waals surface area contributed by atoms with Crippen LogP contribution in [0.25, 0.3) is 0 Å². The zero-order chi connectivity index (χ0) is 14.8. The van der Waals surface area contributed by atoms with Gasteiger partial charge in [0.15, 0.2) is 0 Å². The molecule has 106 valence electrons. The summed E-state index contributed by atoms with van der Waals surface area (Å²) in [6, 6.07) is -0.716. The van der Waals surface area contributed by atoms with E-state index in [1.807, 2.05) is 0 Å². The minimum atomic E-state index is -0.716. The average molecular weight is 270 g/mol. The Kier molecular flexibility index (Phi) is 7.97. The Balaban J connectivity index is 4.70. The topological polar surface area (TPSA) is 84.9 Å². The SMILES string of the molecule is C#CCNC(=O)C(C)N(CC(=O)OC)CC(=O)OC. The maximum Gasteiger partial charge on any atom is 0.319 e. The summed E-state index contributed by atoms with van der Waals surface area (Å²) in [6.45, 7) is 1.23. The van der Waals surface area contributed by atoms with E-state index in [9.17, 15) is 14.4 Å². The standard InChI is InChI=1S/C12H18N2O5/c1-5-6-13-12(17)9(2)14(7-10(15)18-3)8-11(16)19-4/h1,9H,6-8H2,2-4H3,(H,13,17). The number of rotatable bonds is 7. The van der Waals surface area contributed by atoms with Gasteiger partial charge in [0, 0.05) is 0 Å². The third-order valence-corrected chi connectivity index (χ3v) is 2.41. The van der Waals surface area contributed by atoms with Crippen molar-refractivity contribution in [1.82, 2.24) is 10.2 Å². The molecule has 7 nitrogen and oxygen atoms in total. The molecule has 0 aromatic carbocycles. The van der Waals surface area contributed by atoms with Crippen molar-refractivity contribution in [3.63, 3.8) is 0 Å². The van der Waals surface area contributed by atoms with Crippen molar-refractivity contribution in [2.24, 2.45) is 0 Å². The molecule has 0 heterocycles. The van der Waals surface area contributed by atoms with Gasteiger partial charge in [0.05, 0.1) is 39.9 Å². The number of nitrogens with zero attached hydrogens (tertiary/aromatic N) is 1. The summed E-state index contributed by atoms with van der Waals surface area (Å²) in [5, 5.41) is 2.47. The Labute approximate surface area is 112 Å². The number of carbonyl (C=O) groups excluding carboxylic acids is 3. The lowest BCUT2D eigenvalue weighted by Gasteiger charge is -2.25. The first kappa shape index (κ1) is 16.9. The van der Waals surface area contributed by atoms with Gasteiger partial charge in [-0.2, -0.15) is 0 Å². The van der Waals surface area contributed by atoms with Gasteiger partial charge in [-0.05, 0) is 6.92 Å². The van der Waals surface area contributed by atoms with Crippen molar-refractivity contribution in [2.75, 3.05) is 33.9 Å². The Bertz CT molecular complexity index is 357. The van der Waals surface area contributed by atoms with Crippen molar-refractivity contribution in [1.29, 1.82) is 0 Å². The van der Waals surface area contributed by atoms with Gasteiger partial charge in [-0.25, -0.2) is 0 Å². The molecular weight excluding hydrogens is 252 g/mol. The minimum absolute atomic E-state index is 0.0768. The Morgan fingerprint density at radius 2 is 1.68 bits per heavy atom. The molecule has 0 aliphatic rings. The van der Waals surface area contributed by atoms with Crippen LogP contribution in [-0.4, -0.2) is 62.6 Å². The summed E-state index contributed by atoms with van der Waals surface area (Å²) in [4.78, 5) is 35.6. The van der Waals surface area contributed by atoms with E-state index >= 15 is 0 Å². The summed E-state index contributed by atoms with van der Waals surface area (Å²) in [5.41, 5.74) is 0. The van der Waals surface area contributed by atoms with Crippen molar-refractivity contribution in [3.8, 4) is 12.3 Å². The van der Waals surface area contributed by atoms with Crippen LogP contribution in [0, 0.1) is 12.3 Å². The molecule has 0 aromatic heterocycles. The van der Waals surface area contributed by atoms with Gasteiger partial charge < -0.3 is 14.8 Å². The number of amides is 1. The van der Waals surface area contributed by atoms with E-state index in [4.69, 9.17) is 6.42 Å². The van der Waals surface area contributed by atoms with E-state index in [1.54, 1.807) is 6.92 Å². The summed E-state index contributed by atoms with van der Waals surface area (Å²) in [7, 11) is 2.45. The molecule has 0 saturated heterocycles. The molecular formula is C12H18N2O5. The largest absolute Gasteiger partial charge is 0.468 e. The first-order valence-corrected chi connectivity index (χ1v) is 5.55. The van der Waals surface area contributed by atoms with Gasteiger partial charge in [-0.3, -0.25) is 19.3 Å². The zero-order valence-corrected chi connectivity index (χ0v) is 11.3. The highest BCUT2D eigenvalue weighted by atomic mass is 16.5. The molecule has 1 unspecified atom stereocenters. The summed E-state index contributed by atoms with van der Waals surface area (Å²) < 4.78 is 9.02. The van der Waals surface area contributed by atoms with E-state index in [2.05, 4.69) is 20.7 Å². The number of methoxy groups -OCH3 is 2. The predicted molar refractivity (Wildman–Crippen MR) is 66.9 cm³/mol. The van der Waals surface area contributed by atoms with Crippen LogP contribution in [0.15, 0.2) is 0 Å². The molecule has 7 heteroatoms. The predicted octanol–water partition coefficient (Wildman–Crippen LogP) is -1.23. The Morgan fingerprint density at radius 1 is 1.21 bits per heavy atom. The molecule has 19 heavy (non-hydrogen) atoms. The fourth-order valence-electron chi connectivity index (χ4n) is 1.24. The smallest absolute Gasteiger partial charge is 0.319 e. The van der Waals surface area contributed by atoms with E-state index in [0.717, 1.165) is 0 Å². The molecule has 0 spiro atoms. The van der Waals surface area contributed by atoms with Gasteiger partial charge >= 0.3 is 11.9 Å².